The molecule has 0 unspecified atom stereocenters. The first kappa shape index (κ1) is 16.6. The summed E-state index contributed by atoms with van der Waals surface area (Å²) in [5.74, 6) is -0.255. The lowest BCUT2D eigenvalue weighted by Crippen LogP contribution is -2.13. The number of fused-ring (bicyclic) bond motifs is 1. The number of anilines is 1. The van der Waals surface area contributed by atoms with Crippen LogP contribution in [0.5, 0.6) is 0 Å². The average Bonchev–Trinajstić information content (AvgIpc) is 3.29. The molecular weight excluding hydrogens is 342 g/mol. The maximum absolute atomic E-state index is 13.4. The molecule has 9 heteroatoms. The lowest BCUT2D eigenvalue weighted by molar-refractivity contribution is 0.102. The Balaban J connectivity index is 1.68. The molecule has 7 nitrogen and oxygen atoms in total. The second-order valence-electron chi connectivity index (χ2n) is 6.39. The third kappa shape index (κ3) is 2.83. The van der Waals surface area contributed by atoms with Gasteiger partial charge in [-0.05, 0) is 32.8 Å². The summed E-state index contributed by atoms with van der Waals surface area (Å²) in [6, 6.07) is 2.83. The van der Waals surface area contributed by atoms with Crippen molar-refractivity contribution in [2.45, 2.75) is 45.6 Å². The molecule has 1 aliphatic rings. The second kappa shape index (κ2) is 6.15. The van der Waals surface area contributed by atoms with Crippen LogP contribution in [0.1, 0.15) is 59.7 Å². The highest BCUT2D eigenvalue weighted by Crippen LogP contribution is 2.40. The van der Waals surface area contributed by atoms with Crippen molar-refractivity contribution >= 4 is 17.2 Å². The van der Waals surface area contributed by atoms with Gasteiger partial charge >= 0.3 is 0 Å². The quantitative estimate of drug-likeness (QED) is 0.757. The summed E-state index contributed by atoms with van der Waals surface area (Å²) in [7, 11) is 0. The zero-order valence-electron chi connectivity index (χ0n) is 14.4. The summed E-state index contributed by atoms with van der Waals surface area (Å²) >= 11 is 0. The van der Waals surface area contributed by atoms with Gasteiger partial charge in [0.1, 0.15) is 5.69 Å². The first-order valence-corrected chi connectivity index (χ1v) is 8.50. The molecule has 0 saturated heterocycles. The van der Waals surface area contributed by atoms with Gasteiger partial charge in [-0.3, -0.25) is 9.48 Å². The summed E-state index contributed by atoms with van der Waals surface area (Å²) in [4.78, 5) is 16.9. The monoisotopic (exact) mass is 360 g/mol. The van der Waals surface area contributed by atoms with E-state index in [0.717, 1.165) is 23.1 Å². The van der Waals surface area contributed by atoms with Crippen LogP contribution >= 0.6 is 0 Å². The summed E-state index contributed by atoms with van der Waals surface area (Å²) in [5.41, 5.74) is 2.07. The topological polar surface area (TPSA) is 77.1 Å². The van der Waals surface area contributed by atoms with Crippen LogP contribution in [0.4, 0.5) is 14.5 Å². The van der Waals surface area contributed by atoms with Gasteiger partial charge in [-0.25, -0.2) is 18.3 Å². The molecule has 0 bridgehead atoms. The molecule has 1 N–H and O–H groups in total. The number of carbonyl (C=O) groups excluding carboxylic acids is 1. The van der Waals surface area contributed by atoms with Crippen molar-refractivity contribution in [2.75, 3.05) is 5.32 Å². The Morgan fingerprint density at radius 2 is 2.15 bits per heavy atom. The largest absolute Gasteiger partial charge is 0.318 e. The fraction of sp³-hybridized carbons (Fsp3) is 0.412. The highest BCUT2D eigenvalue weighted by Gasteiger charge is 2.28. The van der Waals surface area contributed by atoms with Gasteiger partial charge < -0.3 is 5.32 Å². The molecule has 136 valence electrons. The smallest absolute Gasteiger partial charge is 0.280 e. The van der Waals surface area contributed by atoms with Gasteiger partial charge in [-0.15, -0.1) is 0 Å². The van der Waals surface area contributed by atoms with E-state index in [4.69, 9.17) is 0 Å². The summed E-state index contributed by atoms with van der Waals surface area (Å²) in [6.07, 6.45) is 0.765. The first-order chi connectivity index (χ1) is 12.5. The van der Waals surface area contributed by atoms with E-state index < -0.39 is 12.3 Å². The molecule has 0 aromatic carbocycles. The maximum atomic E-state index is 13.4. The fourth-order valence-corrected chi connectivity index (χ4v) is 2.95. The molecule has 1 fully saturated rings. The lowest BCUT2D eigenvalue weighted by Gasteiger charge is -2.06. The summed E-state index contributed by atoms with van der Waals surface area (Å²) in [5, 5.41) is 10.9. The van der Waals surface area contributed by atoms with Crippen molar-refractivity contribution in [3.63, 3.8) is 0 Å². The van der Waals surface area contributed by atoms with E-state index in [1.807, 2.05) is 13.8 Å². The van der Waals surface area contributed by atoms with Crippen LogP contribution in [0.2, 0.25) is 0 Å². The van der Waals surface area contributed by atoms with Gasteiger partial charge in [0.05, 0.1) is 17.6 Å². The van der Waals surface area contributed by atoms with Crippen LogP contribution in [-0.4, -0.2) is 30.3 Å². The normalized spacial score (nSPS) is 14.3. The highest BCUT2D eigenvalue weighted by atomic mass is 19.3. The Kier molecular flexibility index (Phi) is 3.93. The number of alkyl halides is 2. The minimum atomic E-state index is -2.70. The van der Waals surface area contributed by atoms with Crippen molar-refractivity contribution in [1.82, 2.24) is 24.4 Å². The molecule has 0 radical (unpaired) electrons. The minimum absolute atomic E-state index is 0.0380. The van der Waals surface area contributed by atoms with E-state index >= 15 is 0 Å². The number of nitrogens with zero attached hydrogens (tertiary/aromatic N) is 5. The number of rotatable bonds is 5. The van der Waals surface area contributed by atoms with Crippen LogP contribution in [0.3, 0.4) is 0 Å². The van der Waals surface area contributed by atoms with Crippen LogP contribution in [0.25, 0.3) is 5.65 Å². The van der Waals surface area contributed by atoms with Crippen LogP contribution in [-0.2, 0) is 6.54 Å². The zero-order valence-corrected chi connectivity index (χ0v) is 14.4. The van der Waals surface area contributed by atoms with Gasteiger partial charge in [-0.1, -0.05) is 0 Å². The second-order valence-corrected chi connectivity index (χ2v) is 6.39. The van der Waals surface area contributed by atoms with E-state index in [1.165, 1.54) is 12.1 Å². The van der Waals surface area contributed by atoms with Crippen molar-refractivity contribution < 1.29 is 13.6 Å². The minimum Gasteiger partial charge on any atom is -0.318 e. The number of amides is 1. The third-order valence-electron chi connectivity index (χ3n) is 4.58. The predicted molar refractivity (Wildman–Crippen MR) is 90.5 cm³/mol. The SMILES string of the molecule is CCn1ncc(NC(=O)c2cc3nc(C4CC4)cc(C(F)F)n3n2)c1C. The molecule has 3 aromatic rings. The number of halogens is 2. The van der Waals surface area contributed by atoms with Crippen LogP contribution < -0.4 is 5.32 Å². The molecule has 1 amide bonds. The van der Waals surface area contributed by atoms with Gasteiger partial charge in [0.25, 0.3) is 12.3 Å². The van der Waals surface area contributed by atoms with Crippen LogP contribution in [0.15, 0.2) is 18.3 Å². The van der Waals surface area contributed by atoms with Crippen molar-refractivity contribution in [3.8, 4) is 0 Å². The molecule has 0 aliphatic heterocycles. The molecule has 26 heavy (non-hydrogen) atoms. The van der Waals surface area contributed by atoms with E-state index in [9.17, 15) is 13.6 Å². The van der Waals surface area contributed by atoms with Crippen molar-refractivity contribution in [3.05, 3.63) is 41.1 Å². The van der Waals surface area contributed by atoms with E-state index in [0.29, 0.717) is 17.9 Å². The summed E-state index contributed by atoms with van der Waals surface area (Å²) in [6.45, 7) is 4.47. The van der Waals surface area contributed by atoms with Crippen molar-refractivity contribution in [1.29, 1.82) is 0 Å². The molecule has 4 rings (SSSR count). The van der Waals surface area contributed by atoms with E-state index in [1.54, 1.807) is 10.9 Å². The van der Waals surface area contributed by atoms with Gasteiger partial charge in [0.2, 0.25) is 0 Å². The molecule has 0 atom stereocenters. The number of nitrogens with one attached hydrogen (secondary N) is 1. The predicted octanol–water partition coefficient (Wildman–Crippen LogP) is 3.32. The van der Waals surface area contributed by atoms with Gasteiger partial charge in [0, 0.05) is 24.2 Å². The number of hydrogen-bond donors (Lipinski definition) is 1. The maximum Gasteiger partial charge on any atom is 0.280 e. The Morgan fingerprint density at radius 1 is 1.38 bits per heavy atom. The number of aromatic nitrogens is 5. The average molecular weight is 360 g/mol. The number of aryl methyl sites for hydroxylation is 1. The van der Waals surface area contributed by atoms with Crippen molar-refractivity contribution in [2.24, 2.45) is 0 Å². The molecule has 1 aliphatic carbocycles. The highest BCUT2D eigenvalue weighted by molar-refractivity contribution is 6.03. The van der Waals surface area contributed by atoms with E-state index in [-0.39, 0.29) is 23.0 Å². The Morgan fingerprint density at radius 3 is 2.77 bits per heavy atom. The Hall–Kier alpha value is -2.84. The molecule has 3 heterocycles. The molecular formula is C17H18F2N6O. The molecule has 1 saturated carbocycles. The first-order valence-electron chi connectivity index (χ1n) is 8.50. The molecule has 0 spiro atoms. The standard InChI is InChI=1S/C17H18F2N6O/c1-3-24-9(2)13(8-20-24)22-17(26)12-7-15-21-11(10-4-5-10)6-14(16(18)19)25(15)23-12/h6-8,10,16H,3-5H2,1-2H3,(H,22,26). The zero-order chi connectivity index (χ0) is 18.4. The molecule has 3 aromatic heterocycles. The number of carbonyl (C=O) groups is 1. The third-order valence-corrected chi connectivity index (χ3v) is 4.58. The van der Waals surface area contributed by atoms with E-state index in [2.05, 4.69) is 20.5 Å². The summed E-state index contributed by atoms with van der Waals surface area (Å²) < 4.78 is 29.6. The lowest BCUT2D eigenvalue weighted by atomic mass is 10.2. The van der Waals surface area contributed by atoms with Gasteiger partial charge in [-0.2, -0.15) is 10.2 Å². The van der Waals surface area contributed by atoms with Gasteiger partial charge in [0.15, 0.2) is 11.3 Å². The Bertz CT molecular complexity index is 989. The van der Waals surface area contributed by atoms with Crippen LogP contribution in [0, 0.1) is 6.92 Å². The Labute approximate surface area is 148 Å². The number of hydrogen-bond acceptors (Lipinski definition) is 4. The fourth-order valence-electron chi connectivity index (χ4n) is 2.95.